The van der Waals surface area contributed by atoms with Gasteiger partial charge < -0.3 is 0 Å². The molecule has 0 spiro atoms. The van der Waals surface area contributed by atoms with Gasteiger partial charge >= 0.3 is 28.4 Å². The Morgan fingerprint density at radius 3 is 1.84 bits per heavy atom. The van der Waals surface area contributed by atoms with Crippen LogP contribution in [0.15, 0.2) is 96.6 Å². The fraction of sp³-hybridized carbons (Fsp3) is 0.256. The maximum absolute atomic E-state index is 5.51. The van der Waals surface area contributed by atoms with Gasteiger partial charge in [0.05, 0.1) is 0 Å². The molecule has 44 heavy (non-hydrogen) atoms. The van der Waals surface area contributed by atoms with Crippen LogP contribution in [0, 0.1) is 49.5 Å². The molecule has 0 saturated heterocycles. The number of aryl methyl sites for hydroxylation is 2. The van der Waals surface area contributed by atoms with E-state index in [4.69, 9.17) is 23.2 Å². The van der Waals surface area contributed by atoms with Crippen molar-refractivity contribution in [3.63, 3.8) is 0 Å². The molecular formula is C39H42Cl4Zr-4. The topological polar surface area (TPSA) is 0 Å². The van der Waals surface area contributed by atoms with Gasteiger partial charge in [0.1, 0.15) is 0 Å². The van der Waals surface area contributed by atoms with Crippen LogP contribution in [0.2, 0.25) is 10.0 Å². The monoisotopic (exact) mass is 740 g/mol. The Morgan fingerprint density at radius 1 is 0.864 bits per heavy atom. The van der Waals surface area contributed by atoms with Gasteiger partial charge in [-0.2, -0.15) is 119 Å². The molecule has 0 heterocycles. The van der Waals surface area contributed by atoms with Gasteiger partial charge in [0.15, 0.2) is 0 Å². The molecule has 0 fully saturated rings. The molecule has 0 radical (unpaired) electrons. The van der Waals surface area contributed by atoms with Crippen LogP contribution in [0.3, 0.4) is 0 Å². The van der Waals surface area contributed by atoms with Crippen molar-refractivity contribution >= 4 is 52.2 Å². The van der Waals surface area contributed by atoms with E-state index in [-0.39, 0.29) is 24.8 Å². The van der Waals surface area contributed by atoms with E-state index in [0.717, 1.165) is 16.5 Å². The summed E-state index contributed by atoms with van der Waals surface area (Å²) in [5.74, 6) is 0.573. The SMILES string of the molecule is CCC1[C-]=CC(C(C)(C)C)=C1.Cc1[c-]c2c(cc1)-c1ccc(C)cc1C2.Cl.Cl.Clc1c[c-]ccc1.Clc1c[c-]ccc1.[CH2]=[Zr]. The van der Waals surface area contributed by atoms with Crippen LogP contribution in [0.4, 0.5) is 0 Å². The van der Waals surface area contributed by atoms with Gasteiger partial charge in [-0.1, -0.05) is 91.7 Å². The Labute approximate surface area is 304 Å². The molecule has 5 heteroatoms. The summed E-state index contributed by atoms with van der Waals surface area (Å²) in [7, 11) is 0. The molecule has 1 atom stereocenters. The van der Waals surface area contributed by atoms with E-state index >= 15 is 0 Å². The Bertz CT molecular complexity index is 1350. The number of fused-ring (bicyclic) bond motifs is 3. The number of halogens is 4. The first kappa shape index (κ1) is 42.3. The van der Waals surface area contributed by atoms with E-state index in [9.17, 15) is 0 Å². The van der Waals surface area contributed by atoms with Crippen LogP contribution in [0.1, 0.15) is 56.4 Å². The van der Waals surface area contributed by atoms with Crippen molar-refractivity contribution in [2.75, 3.05) is 0 Å². The number of benzene rings is 4. The molecule has 6 rings (SSSR count). The molecule has 0 N–H and O–H groups in total. The number of hydrogen-bond donors (Lipinski definition) is 0. The van der Waals surface area contributed by atoms with Crippen molar-refractivity contribution in [2.24, 2.45) is 11.3 Å². The zero-order valence-electron chi connectivity index (χ0n) is 26.4. The second-order valence-corrected chi connectivity index (χ2v) is 11.9. The first-order chi connectivity index (χ1) is 20.1. The van der Waals surface area contributed by atoms with Crippen LogP contribution in [0.25, 0.3) is 11.1 Å². The van der Waals surface area contributed by atoms with E-state index < -0.39 is 0 Å². The molecule has 2 aliphatic rings. The van der Waals surface area contributed by atoms with E-state index in [1.54, 1.807) is 12.1 Å². The molecule has 234 valence electrons. The van der Waals surface area contributed by atoms with E-state index in [1.165, 1.54) is 69.6 Å². The first-order valence-corrected chi connectivity index (χ1v) is 16.6. The van der Waals surface area contributed by atoms with Crippen LogP contribution in [0.5, 0.6) is 0 Å². The van der Waals surface area contributed by atoms with E-state index in [0.29, 0.717) is 11.3 Å². The van der Waals surface area contributed by atoms with Gasteiger partial charge in [0.2, 0.25) is 0 Å². The third kappa shape index (κ3) is 14.6. The van der Waals surface area contributed by atoms with Gasteiger partial charge in [0, 0.05) is 0 Å². The number of hydrogen-bond acceptors (Lipinski definition) is 0. The summed E-state index contributed by atoms with van der Waals surface area (Å²) in [6, 6.07) is 34.6. The summed E-state index contributed by atoms with van der Waals surface area (Å²) >= 11 is 12.3. The minimum atomic E-state index is 0. The summed E-state index contributed by atoms with van der Waals surface area (Å²) in [5.41, 5.74) is 9.89. The van der Waals surface area contributed by atoms with Gasteiger partial charge in [-0.3, -0.25) is 6.08 Å². The van der Waals surface area contributed by atoms with Gasteiger partial charge in [0.25, 0.3) is 0 Å². The molecule has 0 aliphatic heterocycles. The van der Waals surface area contributed by atoms with Crippen molar-refractivity contribution in [3.8, 4) is 11.1 Å². The molecule has 0 saturated carbocycles. The first-order valence-electron chi connectivity index (χ1n) is 14.1. The Hall–Kier alpha value is -1.73. The minimum absolute atomic E-state index is 0. The van der Waals surface area contributed by atoms with Gasteiger partial charge in [-0.25, -0.2) is 6.08 Å². The zero-order chi connectivity index (χ0) is 31.1. The van der Waals surface area contributed by atoms with E-state index in [1.807, 2.05) is 36.4 Å². The Kier molecular flexibility index (Phi) is 21.1. The molecule has 0 bridgehead atoms. The average Bonchev–Trinajstić information content (AvgIpc) is 3.60. The quantitative estimate of drug-likeness (QED) is 0.150. The molecule has 0 aromatic heterocycles. The summed E-state index contributed by atoms with van der Waals surface area (Å²) in [6.07, 6.45) is 10.1. The third-order valence-corrected chi connectivity index (χ3v) is 7.04. The zero-order valence-corrected chi connectivity index (χ0v) is 32.0. The van der Waals surface area contributed by atoms with Crippen LogP contribution < -0.4 is 0 Å². The summed E-state index contributed by atoms with van der Waals surface area (Å²) in [6.45, 7) is 13.2. The van der Waals surface area contributed by atoms with Crippen molar-refractivity contribution < 1.29 is 24.2 Å². The average molecular weight is 744 g/mol. The van der Waals surface area contributed by atoms with Crippen LogP contribution >= 0.6 is 48.0 Å². The molecule has 0 amide bonds. The molecule has 1 unspecified atom stereocenters. The van der Waals surface area contributed by atoms with Crippen molar-refractivity contribution in [1.82, 2.24) is 0 Å². The van der Waals surface area contributed by atoms with E-state index in [2.05, 4.69) is 113 Å². The molecule has 0 nitrogen and oxygen atoms in total. The number of allylic oxidation sites excluding steroid dienone is 4. The normalized spacial score (nSPS) is 13.1. The number of rotatable bonds is 1. The summed E-state index contributed by atoms with van der Waals surface area (Å²) < 4.78 is 3.34. The van der Waals surface area contributed by atoms with Crippen LogP contribution in [-0.2, 0) is 30.7 Å². The Morgan fingerprint density at radius 2 is 1.43 bits per heavy atom. The maximum atomic E-state index is 5.51. The van der Waals surface area contributed by atoms with Crippen molar-refractivity contribution in [1.29, 1.82) is 0 Å². The molecular weight excluding hydrogens is 701 g/mol. The predicted molar refractivity (Wildman–Crippen MR) is 194 cm³/mol. The summed E-state index contributed by atoms with van der Waals surface area (Å²) in [4.78, 5) is 0. The molecule has 4 aromatic rings. The van der Waals surface area contributed by atoms with Crippen molar-refractivity contribution in [3.05, 3.63) is 153 Å². The third-order valence-electron chi connectivity index (χ3n) is 6.57. The van der Waals surface area contributed by atoms with Crippen molar-refractivity contribution in [2.45, 2.75) is 54.4 Å². The summed E-state index contributed by atoms with van der Waals surface area (Å²) in [5, 5.41) is 1.48. The Balaban J connectivity index is 0.000000568. The second kappa shape index (κ2) is 21.9. The van der Waals surface area contributed by atoms with Gasteiger partial charge in [-0.15, -0.1) is 35.9 Å². The van der Waals surface area contributed by atoms with Crippen LogP contribution in [-0.4, -0.2) is 4.21 Å². The predicted octanol–water partition coefficient (Wildman–Crippen LogP) is 12.1. The molecule has 4 aromatic carbocycles. The standard InChI is InChI=1S/C15H13.C11H17.2C6H4Cl.CH2.2ClH.Zr/c1-10-3-5-14-12(7-10)9-13-8-11(2)4-6-15(13)14;1-5-9-6-7-10(8-9)11(2,3)4;2*7-6-4-2-1-3-5-6;;;;/h3-7H,9H2,1-2H3;7-9H,5H2,1-4H3;2*1-2,4-5H;1H2;2*1H;/q4*-1;;;;. The second-order valence-electron chi connectivity index (χ2n) is 11.0. The fourth-order valence-corrected chi connectivity index (χ4v) is 4.60. The van der Waals surface area contributed by atoms with Gasteiger partial charge in [-0.05, 0) is 18.9 Å². The molecule has 2 aliphatic carbocycles. The fourth-order valence-electron chi connectivity index (χ4n) is 4.32.